The van der Waals surface area contributed by atoms with Crippen molar-refractivity contribution in [2.75, 3.05) is 13.7 Å². The number of nitrogens with zero attached hydrogens (tertiary/aromatic N) is 2. The van der Waals surface area contributed by atoms with E-state index in [1.54, 1.807) is 41.3 Å². The van der Waals surface area contributed by atoms with E-state index in [9.17, 15) is 14.4 Å². The van der Waals surface area contributed by atoms with E-state index in [2.05, 4.69) is 15.6 Å². The summed E-state index contributed by atoms with van der Waals surface area (Å²) < 4.78 is 11.2. The zero-order valence-corrected chi connectivity index (χ0v) is 21.4. The molecule has 3 heterocycles. The average Bonchev–Trinajstić information content (AvgIpc) is 3.39. The molecule has 1 fully saturated rings. The van der Waals surface area contributed by atoms with Crippen LogP contribution in [0.1, 0.15) is 45.4 Å². The monoisotopic (exact) mass is 512 g/mol. The van der Waals surface area contributed by atoms with Crippen molar-refractivity contribution in [2.24, 2.45) is 0 Å². The quantitative estimate of drug-likeness (QED) is 0.446. The van der Waals surface area contributed by atoms with Crippen molar-refractivity contribution in [1.29, 1.82) is 0 Å². The van der Waals surface area contributed by atoms with Crippen LogP contribution in [-0.4, -0.2) is 41.4 Å². The first-order valence-electron chi connectivity index (χ1n) is 12.3. The van der Waals surface area contributed by atoms with Gasteiger partial charge in [0.25, 0.3) is 11.8 Å². The highest BCUT2D eigenvalue weighted by molar-refractivity contribution is 6.08. The first-order valence-corrected chi connectivity index (χ1v) is 12.3. The number of imide groups is 1. The minimum Gasteiger partial charge on any atom is -0.497 e. The molecule has 1 aromatic heterocycles. The van der Waals surface area contributed by atoms with Crippen LogP contribution in [0.2, 0.25) is 0 Å². The number of ether oxygens (including phenoxy) is 2. The molecule has 2 aromatic carbocycles. The van der Waals surface area contributed by atoms with E-state index >= 15 is 0 Å². The SMILES string of the molecule is C/C=C\c1nc(COc2ccc([C@]3(CN4Cc5ccc(OC)cc5C4=O)NC(=O)NC3=O)cc2)ccc1C. The smallest absolute Gasteiger partial charge is 0.322 e. The molecule has 3 aromatic rings. The Morgan fingerprint density at radius 3 is 2.50 bits per heavy atom. The number of carbonyl (C=O) groups excluding carboxylic acids is 3. The van der Waals surface area contributed by atoms with Crippen LogP contribution in [0.3, 0.4) is 0 Å². The molecule has 2 aliphatic rings. The van der Waals surface area contributed by atoms with Crippen molar-refractivity contribution in [3.63, 3.8) is 0 Å². The van der Waals surface area contributed by atoms with Gasteiger partial charge in [0.15, 0.2) is 5.54 Å². The van der Waals surface area contributed by atoms with E-state index in [0.717, 1.165) is 22.5 Å². The second kappa shape index (κ2) is 10.0. The third-order valence-electron chi connectivity index (χ3n) is 6.82. The van der Waals surface area contributed by atoms with Crippen molar-refractivity contribution >= 4 is 23.9 Å². The number of benzene rings is 2. The van der Waals surface area contributed by atoms with Gasteiger partial charge in [0.05, 0.1) is 25.0 Å². The third kappa shape index (κ3) is 4.58. The second-order valence-electron chi connectivity index (χ2n) is 9.32. The van der Waals surface area contributed by atoms with Crippen molar-refractivity contribution < 1.29 is 23.9 Å². The topological polar surface area (TPSA) is 110 Å². The molecule has 0 radical (unpaired) electrons. The van der Waals surface area contributed by atoms with Crippen LogP contribution in [0, 0.1) is 6.92 Å². The molecule has 2 aliphatic heterocycles. The van der Waals surface area contributed by atoms with Crippen LogP contribution in [0.4, 0.5) is 4.79 Å². The molecule has 2 N–H and O–H groups in total. The lowest BCUT2D eigenvalue weighted by atomic mass is 9.89. The Balaban J connectivity index is 1.35. The number of methoxy groups -OCH3 is 1. The minimum absolute atomic E-state index is 0.0262. The number of urea groups is 1. The van der Waals surface area contributed by atoms with Crippen molar-refractivity contribution in [2.45, 2.75) is 32.5 Å². The van der Waals surface area contributed by atoms with Gasteiger partial charge in [-0.15, -0.1) is 0 Å². The Labute approximate surface area is 220 Å². The van der Waals surface area contributed by atoms with Crippen LogP contribution < -0.4 is 20.1 Å². The molecule has 0 saturated carbocycles. The van der Waals surface area contributed by atoms with Gasteiger partial charge in [-0.3, -0.25) is 14.9 Å². The van der Waals surface area contributed by atoms with E-state index in [0.29, 0.717) is 29.2 Å². The van der Waals surface area contributed by atoms with Crippen LogP contribution in [0.25, 0.3) is 6.08 Å². The number of nitrogens with one attached hydrogen (secondary N) is 2. The third-order valence-corrected chi connectivity index (χ3v) is 6.82. The number of hydrogen-bond donors (Lipinski definition) is 2. The highest BCUT2D eigenvalue weighted by Crippen LogP contribution is 2.33. The summed E-state index contributed by atoms with van der Waals surface area (Å²) in [5.74, 6) is 0.420. The van der Waals surface area contributed by atoms with Gasteiger partial charge in [-0.25, -0.2) is 9.78 Å². The van der Waals surface area contributed by atoms with Gasteiger partial charge in [-0.2, -0.15) is 0 Å². The molecular formula is C29H28N4O5. The van der Waals surface area contributed by atoms with Gasteiger partial charge < -0.3 is 19.7 Å². The lowest BCUT2D eigenvalue weighted by Gasteiger charge is -2.31. The summed E-state index contributed by atoms with van der Waals surface area (Å²) >= 11 is 0. The highest BCUT2D eigenvalue weighted by atomic mass is 16.5. The summed E-state index contributed by atoms with van der Waals surface area (Å²) in [5, 5.41) is 5.08. The lowest BCUT2D eigenvalue weighted by Crippen LogP contribution is -2.52. The van der Waals surface area contributed by atoms with Crippen molar-refractivity contribution in [1.82, 2.24) is 20.5 Å². The molecule has 1 saturated heterocycles. The summed E-state index contributed by atoms with van der Waals surface area (Å²) in [4.78, 5) is 44.7. The van der Waals surface area contributed by atoms with E-state index < -0.39 is 17.5 Å². The first kappa shape index (κ1) is 25.0. The van der Waals surface area contributed by atoms with Crippen molar-refractivity contribution in [3.8, 4) is 11.5 Å². The maximum Gasteiger partial charge on any atom is 0.322 e. The van der Waals surface area contributed by atoms with Gasteiger partial charge in [0.1, 0.15) is 18.1 Å². The Morgan fingerprint density at radius 1 is 1.05 bits per heavy atom. The Morgan fingerprint density at radius 2 is 1.82 bits per heavy atom. The molecule has 4 amide bonds. The van der Waals surface area contributed by atoms with Gasteiger partial charge in [-0.1, -0.05) is 30.3 Å². The zero-order chi connectivity index (χ0) is 26.9. The zero-order valence-electron chi connectivity index (χ0n) is 21.4. The van der Waals surface area contributed by atoms with Crippen LogP contribution >= 0.6 is 0 Å². The minimum atomic E-state index is -1.43. The number of allylic oxidation sites excluding steroid dienone is 1. The lowest BCUT2D eigenvalue weighted by molar-refractivity contribution is -0.124. The molecule has 0 aliphatic carbocycles. The molecular weight excluding hydrogens is 484 g/mol. The fourth-order valence-corrected chi connectivity index (χ4v) is 4.77. The number of aromatic nitrogens is 1. The fraction of sp³-hybridized carbons (Fsp3) is 0.241. The van der Waals surface area contributed by atoms with Gasteiger partial charge >= 0.3 is 6.03 Å². The average molecular weight is 513 g/mol. The number of fused-ring (bicyclic) bond motifs is 1. The number of hydrogen-bond acceptors (Lipinski definition) is 6. The number of rotatable bonds is 8. The molecule has 9 heteroatoms. The summed E-state index contributed by atoms with van der Waals surface area (Å²) in [5.41, 5.74) is 3.23. The standard InChI is InChI=1S/C29H28N4O5/c1-4-5-25-18(2)6-10-21(30-25)16-38-22-12-8-20(9-13-22)29(27(35)31-28(36)32-29)17-33-15-19-7-11-23(37-3)14-24(19)26(33)34/h4-14H,15-17H2,1-3H3,(H2,31,32,35,36)/b5-4-/t29-/m0/s1. The fourth-order valence-electron chi connectivity index (χ4n) is 4.77. The second-order valence-corrected chi connectivity index (χ2v) is 9.32. The predicted molar refractivity (Wildman–Crippen MR) is 141 cm³/mol. The van der Waals surface area contributed by atoms with E-state index in [1.807, 2.05) is 44.2 Å². The molecule has 194 valence electrons. The van der Waals surface area contributed by atoms with Gasteiger partial charge in [0.2, 0.25) is 0 Å². The molecule has 5 rings (SSSR count). The van der Waals surface area contributed by atoms with Crippen LogP contribution in [-0.2, 0) is 23.5 Å². The van der Waals surface area contributed by atoms with Crippen molar-refractivity contribution in [3.05, 3.63) is 94.3 Å². The summed E-state index contributed by atoms with van der Waals surface area (Å²) in [6.07, 6.45) is 3.89. The number of aryl methyl sites for hydroxylation is 1. The molecule has 38 heavy (non-hydrogen) atoms. The first-order chi connectivity index (χ1) is 18.3. The predicted octanol–water partition coefficient (Wildman–Crippen LogP) is 3.70. The summed E-state index contributed by atoms with van der Waals surface area (Å²) in [7, 11) is 1.54. The molecule has 0 spiro atoms. The Bertz CT molecular complexity index is 1450. The number of carbonyl (C=O) groups is 3. The summed E-state index contributed by atoms with van der Waals surface area (Å²) in [6, 6.07) is 15.6. The highest BCUT2D eigenvalue weighted by Gasteiger charge is 2.50. The summed E-state index contributed by atoms with van der Waals surface area (Å²) in [6.45, 7) is 4.52. The van der Waals surface area contributed by atoms with E-state index in [1.165, 1.54) is 7.11 Å². The van der Waals surface area contributed by atoms with E-state index in [-0.39, 0.29) is 19.1 Å². The van der Waals surface area contributed by atoms with Gasteiger partial charge in [0, 0.05) is 12.1 Å². The van der Waals surface area contributed by atoms with E-state index in [4.69, 9.17) is 9.47 Å². The van der Waals surface area contributed by atoms with Gasteiger partial charge in [-0.05, 0) is 66.9 Å². The maximum absolute atomic E-state index is 13.2. The van der Waals surface area contributed by atoms with Crippen LogP contribution in [0.15, 0.2) is 60.7 Å². The number of pyridine rings is 1. The largest absolute Gasteiger partial charge is 0.497 e. The van der Waals surface area contributed by atoms with Crippen LogP contribution in [0.5, 0.6) is 11.5 Å². The molecule has 9 nitrogen and oxygen atoms in total. The maximum atomic E-state index is 13.2. The Hall–Kier alpha value is -4.66. The molecule has 1 atom stereocenters. The number of amides is 4. The molecule has 0 bridgehead atoms. The normalized spacial score (nSPS) is 18.5. The molecule has 0 unspecified atom stereocenters. The Kier molecular flexibility index (Phi) is 6.59.